The molecule has 1 nitrogen and oxygen atoms in total. The van der Waals surface area contributed by atoms with Crippen LogP contribution in [0.5, 0.6) is 0 Å². The van der Waals surface area contributed by atoms with Crippen molar-refractivity contribution in [3.05, 3.63) is 29.8 Å². The summed E-state index contributed by atoms with van der Waals surface area (Å²) in [6, 6.07) is 9.28. The third-order valence-corrected chi connectivity index (χ3v) is 6.74. The molecule has 1 aliphatic heterocycles. The van der Waals surface area contributed by atoms with Gasteiger partial charge in [0, 0.05) is 18.8 Å². The Morgan fingerprint density at radius 1 is 0.586 bits per heavy atom. The molecule has 0 spiro atoms. The Hall–Kier alpha value is -0.980. The summed E-state index contributed by atoms with van der Waals surface area (Å²) in [7, 11) is 0. The minimum atomic E-state index is 1.25. The molecular formula is C28H49N. The fraction of sp³-hybridized carbons (Fsp3) is 0.786. The molecule has 0 aromatic heterocycles. The first-order valence-electron chi connectivity index (χ1n) is 13.2. The first-order valence-corrected chi connectivity index (χ1v) is 13.2. The van der Waals surface area contributed by atoms with E-state index in [4.69, 9.17) is 0 Å². The maximum Gasteiger partial charge on any atom is 0.0398 e. The van der Waals surface area contributed by atoms with Crippen LogP contribution in [-0.2, 0) is 6.42 Å². The molecule has 0 amide bonds. The van der Waals surface area contributed by atoms with Gasteiger partial charge in [-0.15, -0.1) is 0 Å². The maximum absolute atomic E-state index is 2.74. The van der Waals surface area contributed by atoms with Crippen LogP contribution in [0.4, 0.5) is 5.69 Å². The SMILES string of the molecule is CCCCCc1ccccc1N1CCCCCCCCCCCCCCCCC1. The Kier molecular flexibility index (Phi) is 14.1. The number of benzene rings is 1. The first-order chi connectivity index (χ1) is 14.4. The third-order valence-electron chi connectivity index (χ3n) is 6.74. The van der Waals surface area contributed by atoms with Gasteiger partial charge in [0.1, 0.15) is 0 Å². The van der Waals surface area contributed by atoms with Crippen molar-refractivity contribution in [1.29, 1.82) is 0 Å². The summed E-state index contributed by atoms with van der Waals surface area (Å²) in [5.74, 6) is 0. The number of hydrogen-bond donors (Lipinski definition) is 0. The zero-order valence-corrected chi connectivity index (χ0v) is 19.6. The van der Waals surface area contributed by atoms with E-state index in [1.807, 2.05) is 0 Å². The smallest absolute Gasteiger partial charge is 0.0398 e. The van der Waals surface area contributed by atoms with Crippen molar-refractivity contribution in [2.24, 2.45) is 0 Å². The molecule has 1 heteroatoms. The predicted octanol–water partition coefficient (Wildman–Crippen LogP) is 9.09. The van der Waals surface area contributed by atoms with Crippen LogP contribution < -0.4 is 4.90 Å². The Labute approximate surface area is 182 Å². The van der Waals surface area contributed by atoms with Crippen LogP contribution in [0.3, 0.4) is 0 Å². The monoisotopic (exact) mass is 399 g/mol. The second-order valence-electron chi connectivity index (χ2n) is 9.38. The summed E-state index contributed by atoms with van der Waals surface area (Å²) in [6.07, 6.45) is 26.9. The summed E-state index contributed by atoms with van der Waals surface area (Å²) in [5.41, 5.74) is 3.13. The summed E-state index contributed by atoms with van der Waals surface area (Å²) < 4.78 is 0. The summed E-state index contributed by atoms with van der Waals surface area (Å²) in [5, 5.41) is 0. The molecule has 2 rings (SSSR count). The zero-order valence-electron chi connectivity index (χ0n) is 19.6. The van der Waals surface area contributed by atoms with Crippen molar-refractivity contribution in [2.45, 2.75) is 129 Å². The highest BCUT2D eigenvalue weighted by atomic mass is 15.1. The molecule has 0 saturated carbocycles. The normalized spacial score (nSPS) is 19.4. The molecule has 29 heavy (non-hydrogen) atoms. The van der Waals surface area contributed by atoms with E-state index in [9.17, 15) is 0 Å². The summed E-state index contributed by atoms with van der Waals surface area (Å²) >= 11 is 0. The van der Waals surface area contributed by atoms with Gasteiger partial charge in [-0.3, -0.25) is 0 Å². The molecule has 1 aromatic rings. The van der Waals surface area contributed by atoms with Crippen molar-refractivity contribution in [2.75, 3.05) is 18.0 Å². The number of hydrogen-bond acceptors (Lipinski definition) is 1. The fourth-order valence-corrected chi connectivity index (χ4v) is 4.85. The summed E-state index contributed by atoms with van der Waals surface area (Å²) in [4.78, 5) is 2.74. The number of para-hydroxylation sites is 1. The maximum atomic E-state index is 2.74. The van der Waals surface area contributed by atoms with Gasteiger partial charge in [0.15, 0.2) is 0 Å². The molecule has 1 fully saturated rings. The highest BCUT2D eigenvalue weighted by molar-refractivity contribution is 5.53. The van der Waals surface area contributed by atoms with Crippen molar-refractivity contribution >= 4 is 5.69 Å². The van der Waals surface area contributed by atoms with E-state index >= 15 is 0 Å². The van der Waals surface area contributed by atoms with E-state index in [1.165, 1.54) is 141 Å². The molecule has 0 bridgehead atoms. The van der Waals surface area contributed by atoms with Gasteiger partial charge in [0.05, 0.1) is 0 Å². The van der Waals surface area contributed by atoms with E-state index in [0.29, 0.717) is 0 Å². The topological polar surface area (TPSA) is 3.24 Å². The molecule has 0 atom stereocenters. The molecule has 0 radical (unpaired) electrons. The largest absolute Gasteiger partial charge is 0.371 e. The van der Waals surface area contributed by atoms with Crippen LogP contribution >= 0.6 is 0 Å². The summed E-state index contributed by atoms with van der Waals surface area (Å²) in [6.45, 7) is 4.82. The number of aryl methyl sites for hydroxylation is 1. The molecule has 0 aliphatic carbocycles. The van der Waals surface area contributed by atoms with Gasteiger partial charge < -0.3 is 4.90 Å². The Bertz CT molecular complexity index is 477. The lowest BCUT2D eigenvalue weighted by atomic mass is 10.0. The highest BCUT2D eigenvalue weighted by Gasteiger charge is 2.11. The lowest BCUT2D eigenvalue weighted by Gasteiger charge is -2.27. The molecule has 1 heterocycles. The van der Waals surface area contributed by atoms with Gasteiger partial charge in [-0.05, 0) is 37.3 Å². The molecular weight excluding hydrogens is 350 g/mol. The van der Waals surface area contributed by atoms with Gasteiger partial charge in [0.25, 0.3) is 0 Å². The molecule has 1 aromatic carbocycles. The van der Waals surface area contributed by atoms with Crippen LogP contribution in [0.15, 0.2) is 24.3 Å². The first kappa shape index (κ1) is 24.3. The average Bonchev–Trinajstić information content (AvgIpc) is 2.74. The van der Waals surface area contributed by atoms with Crippen molar-refractivity contribution < 1.29 is 0 Å². The van der Waals surface area contributed by atoms with Crippen molar-refractivity contribution in [1.82, 2.24) is 0 Å². The second kappa shape index (κ2) is 16.8. The van der Waals surface area contributed by atoms with Crippen LogP contribution in [0.25, 0.3) is 0 Å². The number of nitrogens with zero attached hydrogens (tertiary/aromatic N) is 1. The lowest BCUT2D eigenvalue weighted by molar-refractivity contribution is 0.521. The van der Waals surface area contributed by atoms with Gasteiger partial charge in [-0.2, -0.15) is 0 Å². The van der Waals surface area contributed by atoms with Gasteiger partial charge >= 0.3 is 0 Å². The van der Waals surface area contributed by atoms with E-state index in [-0.39, 0.29) is 0 Å². The molecule has 1 saturated heterocycles. The number of unbranched alkanes of at least 4 members (excludes halogenated alkanes) is 2. The van der Waals surface area contributed by atoms with Crippen LogP contribution in [0.1, 0.15) is 128 Å². The average molecular weight is 400 g/mol. The Morgan fingerprint density at radius 3 is 1.52 bits per heavy atom. The third kappa shape index (κ3) is 11.1. The quantitative estimate of drug-likeness (QED) is 0.446. The molecule has 0 unspecified atom stereocenters. The Balaban J connectivity index is 1.90. The molecule has 0 N–H and O–H groups in total. The van der Waals surface area contributed by atoms with E-state index in [0.717, 1.165) is 0 Å². The minimum absolute atomic E-state index is 1.25. The minimum Gasteiger partial charge on any atom is -0.371 e. The van der Waals surface area contributed by atoms with E-state index in [1.54, 1.807) is 5.56 Å². The van der Waals surface area contributed by atoms with Gasteiger partial charge in [0.2, 0.25) is 0 Å². The second-order valence-corrected chi connectivity index (χ2v) is 9.38. The highest BCUT2D eigenvalue weighted by Crippen LogP contribution is 2.24. The van der Waals surface area contributed by atoms with Crippen LogP contribution in [0.2, 0.25) is 0 Å². The van der Waals surface area contributed by atoms with Gasteiger partial charge in [-0.1, -0.05) is 121 Å². The van der Waals surface area contributed by atoms with Crippen LogP contribution in [-0.4, -0.2) is 13.1 Å². The number of anilines is 1. The van der Waals surface area contributed by atoms with Crippen molar-refractivity contribution in [3.8, 4) is 0 Å². The van der Waals surface area contributed by atoms with E-state index in [2.05, 4.69) is 36.1 Å². The number of rotatable bonds is 5. The fourth-order valence-electron chi connectivity index (χ4n) is 4.85. The molecule has 1 aliphatic rings. The Morgan fingerprint density at radius 2 is 1.03 bits per heavy atom. The van der Waals surface area contributed by atoms with Crippen molar-refractivity contribution in [3.63, 3.8) is 0 Å². The lowest BCUT2D eigenvalue weighted by Crippen LogP contribution is -2.27. The molecule has 166 valence electrons. The standard InChI is InChI=1S/C28H49N/c1-2-3-17-22-27-23-18-19-24-28(27)29-25-20-15-13-11-9-7-5-4-6-8-10-12-14-16-21-26-29/h18-19,23-24H,2-17,20-22,25-26H2,1H3. The van der Waals surface area contributed by atoms with Crippen LogP contribution in [0, 0.1) is 0 Å². The van der Waals surface area contributed by atoms with Gasteiger partial charge in [-0.25, -0.2) is 0 Å². The van der Waals surface area contributed by atoms with E-state index < -0.39 is 0 Å². The predicted molar refractivity (Wildman–Crippen MR) is 131 cm³/mol. The zero-order chi connectivity index (χ0) is 20.4.